The molecule has 20 heavy (non-hydrogen) atoms. The number of benzene rings is 1. The number of aliphatic imine (C=N–C) groups is 1. The molecule has 2 N–H and O–H groups in total. The molecule has 0 heterocycles. The Morgan fingerprint density at radius 2 is 2.05 bits per heavy atom. The molecular weight excluding hydrogens is 294 g/mol. The second-order valence-corrected chi connectivity index (χ2v) is 5.59. The highest BCUT2D eigenvalue weighted by molar-refractivity contribution is 7.99. The topological polar surface area (TPSA) is 45.7 Å². The van der Waals surface area contributed by atoms with E-state index in [1.165, 1.54) is 4.90 Å². The first-order valence-electron chi connectivity index (χ1n) is 6.65. The van der Waals surface area contributed by atoms with E-state index in [1.807, 2.05) is 24.3 Å². The van der Waals surface area contributed by atoms with Gasteiger partial charge in [0.15, 0.2) is 5.96 Å². The molecule has 0 saturated heterocycles. The van der Waals surface area contributed by atoms with Crippen LogP contribution in [0.15, 0.2) is 34.2 Å². The van der Waals surface area contributed by atoms with Crippen LogP contribution in [0.1, 0.15) is 6.92 Å². The van der Waals surface area contributed by atoms with Crippen molar-refractivity contribution < 1.29 is 4.74 Å². The summed E-state index contributed by atoms with van der Waals surface area (Å²) in [5, 5.41) is 7.27. The van der Waals surface area contributed by atoms with E-state index in [-0.39, 0.29) is 0 Å². The Bertz CT molecular complexity index is 398. The average Bonchev–Trinajstić information content (AvgIpc) is 2.45. The Kier molecular flexibility index (Phi) is 9.28. The lowest BCUT2D eigenvalue weighted by Crippen LogP contribution is -2.38. The van der Waals surface area contributed by atoms with Gasteiger partial charge in [0.2, 0.25) is 0 Å². The predicted octanol–water partition coefficient (Wildman–Crippen LogP) is 2.63. The summed E-state index contributed by atoms with van der Waals surface area (Å²) in [4.78, 5) is 5.62. The Hall–Kier alpha value is -0.910. The fourth-order valence-electron chi connectivity index (χ4n) is 1.46. The van der Waals surface area contributed by atoms with Crippen molar-refractivity contribution in [1.29, 1.82) is 0 Å². The molecule has 6 heteroatoms. The number of methoxy groups -OCH3 is 1. The van der Waals surface area contributed by atoms with Gasteiger partial charge in [-0.1, -0.05) is 11.6 Å². The van der Waals surface area contributed by atoms with Crippen LogP contribution in [0.4, 0.5) is 0 Å². The molecule has 0 aliphatic rings. The Morgan fingerprint density at radius 1 is 1.30 bits per heavy atom. The van der Waals surface area contributed by atoms with E-state index in [2.05, 4.69) is 22.5 Å². The average molecular weight is 316 g/mol. The van der Waals surface area contributed by atoms with E-state index in [0.717, 1.165) is 29.8 Å². The number of ether oxygens (including phenoxy) is 1. The largest absolute Gasteiger partial charge is 0.383 e. The lowest BCUT2D eigenvalue weighted by Gasteiger charge is -2.11. The minimum atomic E-state index is 0.635. The minimum absolute atomic E-state index is 0.635. The molecule has 0 atom stereocenters. The van der Waals surface area contributed by atoms with Crippen molar-refractivity contribution in [3.63, 3.8) is 0 Å². The van der Waals surface area contributed by atoms with Crippen LogP contribution in [0, 0.1) is 0 Å². The Morgan fingerprint density at radius 3 is 2.70 bits per heavy atom. The molecule has 0 bridgehead atoms. The maximum atomic E-state index is 5.85. The maximum Gasteiger partial charge on any atom is 0.191 e. The summed E-state index contributed by atoms with van der Waals surface area (Å²) in [6, 6.07) is 7.89. The second kappa shape index (κ2) is 10.8. The monoisotopic (exact) mass is 315 g/mol. The zero-order valence-electron chi connectivity index (χ0n) is 12.0. The third-order valence-corrected chi connectivity index (χ3v) is 3.65. The molecule has 0 aliphatic heterocycles. The summed E-state index contributed by atoms with van der Waals surface area (Å²) in [5.41, 5.74) is 0. The van der Waals surface area contributed by atoms with E-state index >= 15 is 0 Å². The van der Waals surface area contributed by atoms with Crippen molar-refractivity contribution in [1.82, 2.24) is 10.6 Å². The van der Waals surface area contributed by atoms with Gasteiger partial charge in [0.25, 0.3) is 0 Å². The Balaban J connectivity index is 2.25. The standard InChI is InChI=1S/C14H22ClN3OS/c1-3-16-14(17-8-10-19-2)18-9-11-20-13-6-4-12(15)5-7-13/h4-7H,3,8-11H2,1-2H3,(H2,16,17,18). The molecule has 0 amide bonds. The quantitative estimate of drug-likeness (QED) is 0.335. The Labute approximate surface area is 130 Å². The fraction of sp³-hybridized carbons (Fsp3) is 0.500. The molecule has 0 aliphatic carbocycles. The van der Waals surface area contributed by atoms with Crippen molar-refractivity contribution >= 4 is 29.3 Å². The first kappa shape index (κ1) is 17.1. The zero-order valence-corrected chi connectivity index (χ0v) is 13.6. The van der Waals surface area contributed by atoms with Gasteiger partial charge in [-0.2, -0.15) is 0 Å². The van der Waals surface area contributed by atoms with Gasteiger partial charge in [-0.15, -0.1) is 11.8 Å². The van der Waals surface area contributed by atoms with Crippen molar-refractivity contribution in [3.05, 3.63) is 29.3 Å². The molecule has 1 rings (SSSR count). The minimum Gasteiger partial charge on any atom is -0.383 e. The molecule has 1 aromatic carbocycles. The lowest BCUT2D eigenvalue weighted by molar-refractivity contribution is 0.208. The van der Waals surface area contributed by atoms with Crippen molar-refractivity contribution in [2.75, 3.05) is 39.1 Å². The number of thioether (sulfide) groups is 1. The maximum absolute atomic E-state index is 5.85. The van der Waals surface area contributed by atoms with Gasteiger partial charge in [-0.3, -0.25) is 4.99 Å². The molecular formula is C14H22ClN3OS. The smallest absolute Gasteiger partial charge is 0.191 e. The molecule has 0 fully saturated rings. The molecule has 4 nitrogen and oxygen atoms in total. The molecule has 1 aromatic rings. The molecule has 112 valence electrons. The SMILES string of the molecule is CCNC(=NCCOC)NCCSc1ccc(Cl)cc1. The van der Waals surface area contributed by atoms with Crippen LogP contribution in [-0.4, -0.2) is 45.1 Å². The van der Waals surface area contributed by atoms with Gasteiger partial charge >= 0.3 is 0 Å². The van der Waals surface area contributed by atoms with E-state index in [9.17, 15) is 0 Å². The van der Waals surface area contributed by atoms with Crippen LogP contribution in [0.3, 0.4) is 0 Å². The first-order valence-corrected chi connectivity index (χ1v) is 8.02. The van der Waals surface area contributed by atoms with Gasteiger partial charge in [0.05, 0.1) is 13.2 Å². The van der Waals surface area contributed by atoms with Crippen molar-refractivity contribution in [2.24, 2.45) is 4.99 Å². The summed E-state index contributed by atoms with van der Waals surface area (Å²) >= 11 is 7.64. The molecule has 0 radical (unpaired) electrons. The van der Waals surface area contributed by atoms with E-state index in [4.69, 9.17) is 16.3 Å². The highest BCUT2D eigenvalue weighted by Crippen LogP contribution is 2.19. The molecule has 0 spiro atoms. The van der Waals surface area contributed by atoms with Crippen LogP contribution < -0.4 is 10.6 Å². The van der Waals surface area contributed by atoms with Crippen LogP contribution in [0.5, 0.6) is 0 Å². The predicted molar refractivity (Wildman–Crippen MR) is 88.0 cm³/mol. The third-order valence-electron chi connectivity index (χ3n) is 2.39. The van der Waals surface area contributed by atoms with Crippen LogP contribution in [-0.2, 0) is 4.74 Å². The highest BCUT2D eigenvalue weighted by Gasteiger charge is 1.98. The van der Waals surface area contributed by atoms with Gasteiger partial charge in [0.1, 0.15) is 0 Å². The van der Waals surface area contributed by atoms with Gasteiger partial charge in [0, 0.05) is 35.9 Å². The normalized spacial score (nSPS) is 11.4. The summed E-state index contributed by atoms with van der Waals surface area (Å²) in [5.74, 6) is 1.80. The van der Waals surface area contributed by atoms with Crippen LogP contribution in [0.25, 0.3) is 0 Å². The number of rotatable bonds is 8. The van der Waals surface area contributed by atoms with E-state index in [0.29, 0.717) is 13.2 Å². The van der Waals surface area contributed by atoms with E-state index in [1.54, 1.807) is 18.9 Å². The van der Waals surface area contributed by atoms with Crippen molar-refractivity contribution in [3.8, 4) is 0 Å². The number of hydrogen-bond acceptors (Lipinski definition) is 3. The number of nitrogens with one attached hydrogen (secondary N) is 2. The summed E-state index contributed by atoms with van der Waals surface area (Å²) < 4.78 is 4.99. The van der Waals surface area contributed by atoms with Gasteiger partial charge < -0.3 is 15.4 Å². The van der Waals surface area contributed by atoms with Crippen LogP contribution >= 0.6 is 23.4 Å². The highest BCUT2D eigenvalue weighted by atomic mass is 35.5. The lowest BCUT2D eigenvalue weighted by atomic mass is 10.4. The zero-order chi connectivity index (χ0) is 14.6. The van der Waals surface area contributed by atoms with Gasteiger partial charge in [-0.05, 0) is 31.2 Å². The fourth-order valence-corrected chi connectivity index (χ4v) is 2.35. The number of guanidine groups is 1. The summed E-state index contributed by atoms with van der Waals surface area (Å²) in [7, 11) is 1.68. The number of hydrogen-bond donors (Lipinski definition) is 2. The second-order valence-electron chi connectivity index (χ2n) is 3.98. The molecule has 0 aromatic heterocycles. The summed E-state index contributed by atoms with van der Waals surface area (Å²) in [6.45, 7) is 5.05. The van der Waals surface area contributed by atoms with E-state index < -0.39 is 0 Å². The summed E-state index contributed by atoms with van der Waals surface area (Å²) in [6.07, 6.45) is 0. The van der Waals surface area contributed by atoms with Gasteiger partial charge in [-0.25, -0.2) is 0 Å². The molecule has 0 unspecified atom stereocenters. The number of nitrogens with zero attached hydrogens (tertiary/aromatic N) is 1. The molecule has 0 saturated carbocycles. The van der Waals surface area contributed by atoms with Crippen molar-refractivity contribution in [2.45, 2.75) is 11.8 Å². The number of halogens is 1. The van der Waals surface area contributed by atoms with Crippen LogP contribution in [0.2, 0.25) is 5.02 Å². The third kappa shape index (κ3) is 7.62. The first-order chi connectivity index (χ1) is 9.76.